The normalized spacial score (nSPS) is 22.2. The average Bonchev–Trinajstić information content (AvgIpc) is 2.87. The van der Waals surface area contributed by atoms with Gasteiger partial charge in [0.1, 0.15) is 5.75 Å². The third kappa shape index (κ3) is 3.13. The molecule has 0 aromatic heterocycles. The third-order valence-corrected chi connectivity index (χ3v) is 3.82. The Labute approximate surface area is 112 Å². The molecule has 4 heteroatoms. The lowest BCUT2D eigenvalue weighted by Gasteiger charge is -2.14. The average molecular weight is 262 g/mol. The molecule has 1 aromatic rings. The lowest BCUT2D eigenvalue weighted by molar-refractivity contribution is -0.142. The number of aliphatic carboxylic acids is 1. The van der Waals surface area contributed by atoms with Crippen molar-refractivity contribution in [1.29, 1.82) is 0 Å². The quantitative estimate of drug-likeness (QED) is 0.829. The van der Waals surface area contributed by atoms with Crippen molar-refractivity contribution < 1.29 is 19.4 Å². The number of benzene rings is 1. The van der Waals surface area contributed by atoms with Crippen molar-refractivity contribution in [3.8, 4) is 5.75 Å². The predicted octanol–water partition coefficient (Wildman–Crippen LogP) is 2.77. The molecule has 1 aliphatic carbocycles. The monoisotopic (exact) mass is 262 g/mol. The van der Waals surface area contributed by atoms with Gasteiger partial charge in [0.15, 0.2) is 5.78 Å². The summed E-state index contributed by atoms with van der Waals surface area (Å²) in [7, 11) is 1.56. The van der Waals surface area contributed by atoms with Gasteiger partial charge in [-0.3, -0.25) is 9.59 Å². The molecule has 1 fully saturated rings. The fraction of sp³-hybridized carbons (Fsp3) is 0.467. The van der Waals surface area contributed by atoms with E-state index in [1.165, 1.54) is 0 Å². The first kappa shape index (κ1) is 13.6. The number of hydrogen-bond donors (Lipinski definition) is 1. The maximum atomic E-state index is 12.2. The molecular weight excluding hydrogens is 244 g/mol. The molecule has 102 valence electrons. The summed E-state index contributed by atoms with van der Waals surface area (Å²) in [5.41, 5.74) is 0.593. The van der Waals surface area contributed by atoms with Crippen molar-refractivity contribution in [3.63, 3.8) is 0 Å². The minimum absolute atomic E-state index is 0.00273. The highest BCUT2D eigenvalue weighted by Crippen LogP contribution is 2.35. The first-order valence-electron chi connectivity index (χ1n) is 6.52. The summed E-state index contributed by atoms with van der Waals surface area (Å²) < 4.78 is 5.09. The molecule has 4 nitrogen and oxygen atoms in total. The number of carboxylic acid groups (broad SMARTS) is 1. The van der Waals surface area contributed by atoms with E-state index >= 15 is 0 Å². The summed E-state index contributed by atoms with van der Waals surface area (Å²) in [6.45, 7) is 0. The van der Waals surface area contributed by atoms with Gasteiger partial charge in [-0.25, -0.2) is 0 Å². The Kier molecular flexibility index (Phi) is 4.20. The van der Waals surface area contributed by atoms with Crippen LogP contribution in [0.5, 0.6) is 5.75 Å². The fourth-order valence-electron chi connectivity index (χ4n) is 2.76. The Morgan fingerprint density at radius 1 is 1.37 bits per heavy atom. The number of rotatable bonds is 5. The zero-order valence-corrected chi connectivity index (χ0v) is 11.0. The highest BCUT2D eigenvalue weighted by Gasteiger charge is 2.34. The molecule has 1 N–H and O–H groups in total. The number of methoxy groups -OCH3 is 1. The van der Waals surface area contributed by atoms with Crippen LogP contribution in [0.4, 0.5) is 0 Å². The van der Waals surface area contributed by atoms with Crippen LogP contribution in [0.2, 0.25) is 0 Å². The van der Waals surface area contributed by atoms with Gasteiger partial charge in [-0.2, -0.15) is 0 Å². The van der Waals surface area contributed by atoms with Crippen LogP contribution in [0.25, 0.3) is 0 Å². The van der Waals surface area contributed by atoms with Gasteiger partial charge in [-0.05, 0) is 30.9 Å². The molecule has 0 spiro atoms. The molecule has 0 amide bonds. The molecule has 2 atom stereocenters. The molecule has 2 rings (SSSR count). The van der Waals surface area contributed by atoms with Gasteiger partial charge < -0.3 is 9.84 Å². The van der Waals surface area contributed by atoms with Crippen LogP contribution in [0.1, 0.15) is 36.0 Å². The van der Waals surface area contributed by atoms with Gasteiger partial charge in [-0.1, -0.05) is 18.6 Å². The summed E-state index contributed by atoms with van der Waals surface area (Å²) in [5.74, 6) is -0.532. The summed E-state index contributed by atoms with van der Waals surface area (Å²) in [5, 5.41) is 9.12. The van der Waals surface area contributed by atoms with Crippen molar-refractivity contribution in [2.24, 2.45) is 11.8 Å². The molecule has 0 heterocycles. The number of carbonyl (C=O) groups excluding carboxylic acids is 1. The van der Waals surface area contributed by atoms with Crippen LogP contribution in [0.15, 0.2) is 24.3 Å². The molecule has 0 unspecified atom stereocenters. The smallest absolute Gasteiger partial charge is 0.306 e. The van der Waals surface area contributed by atoms with Crippen LogP contribution >= 0.6 is 0 Å². The molecular formula is C15H18O4. The minimum Gasteiger partial charge on any atom is -0.497 e. The van der Waals surface area contributed by atoms with Crippen LogP contribution in [-0.4, -0.2) is 24.0 Å². The Morgan fingerprint density at radius 3 is 2.84 bits per heavy atom. The van der Waals surface area contributed by atoms with E-state index in [4.69, 9.17) is 9.84 Å². The lowest BCUT2D eigenvalue weighted by atomic mass is 9.89. The molecule has 1 saturated carbocycles. The van der Waals surface area contributed by atoms with E-state index in [9.17, 15) is 9.59 Å². The van der Waals surface area contributed by atoms with Gasteiger partial charge >= 0.3 is 5.97 Å². The van der Waals surface area contributed by atoms with E-state index in [1.807, 2.05) is 0 Å². The third-order valence-electron chi connectivity index (χ3n) is 3.82. The second kappa shape index (κ2) is 5.87. The number of ketones is 1. The van der Waals surface area contributed by atoms with Crippen LogP contribution in [0.3, 0.4) is 0 Å². The van der Waals surface area contributed by atoms with Gasteiger partial charge in [0, 0.05) is 12.0 Å². The highest BCUT2D eigenvalue weighted by molar-refractivity contribution is 5.96. The topological polar surface area (TPSA) is 63.6 Å². The number of carboxylic acids is 1. The first-order chi connectivity index (χ1) is 9.11. The Hall–Kier alpha value is -1.84. The van der Waals surface area contributed by atoms with Crippen LogP contribution < -0.4 is 4.74 Å². The largest absolute Gasteiger partial charge is 0.497 e. The summed E-state index contributed by atoms with van der Waals surface area (Å²) in [6.07, 6.45) is 2.72. The van der Waals surface area contributed by atoms with Crippen molar-refractivity contribution >= 4 is 11.8 Å². The van der Waals surface area contributed by atoms with Crippen molar-refractivity contribution in [1.82, 2.24) is 0 Å². The molecule has 0 saturated heterocycles. The number of hydrogen-bond acceptors (Lipinski definition) is 3. The Bertz CT molecular complexity index is 481. The Morgan fingerprint density at radius 2 is 2.16 bits per heavy atom. The highest BCUT2D eigenvalue weighted by atomic mass is 16.5. The van der Waals surface area contributed by atoms with Crippen LogP contribution in [-0.2, 0) is 4.79 Å². The predicted molar refractivity (Wildman–Crippen MR) is 70.4 cm³/mol. The first-order valence-corrected chi connectivity index (χ1v) is 6.52. The standard InChI is InChI=1S/C15H18O4/c1-19-12-6-2-5-11(8-12)14(16)9-10-4-3-7-13(10)15(17)18/h2,5-6,8,10,13H,3-4,7,9H2,1H3,(H,17,18)/t10-,13+/m0/s1. The summed E-state index contributed by atoms with van der Waals surface area (Å²) in [6, 6.07) is 7.00. The van der Waals surface area contributed by atoms with E-state index in [1.54, 1.807) is 31.4 Å². The zero-order valence-electron chi connectivity index (χ0n) is 11.0. The van der Waals surface area contributed by atoms with Crippen LogP contribution in [0, 0.1) is 11.8 Å². The SMILES string of the molecule is COc1cccc(C(=O)C[C@@H]2CCC[C@H]2C(=O)O)c1. The molecule has 1 aromatic carbocycles. The maximum Gasteiger partial charge on any atom is 0.306 e. The number of carbonyl (C=O) groups is 2. The van der Waals surface area contributed by atoms with Gasteiger partial charge in [-0.15, -0.1) is 0 Å². The van der Waals surface area contributed by atoms with Gasteiger partial charge in [0.05, 0.1) is 13.0 Å². The maximum absolute atomic E-state index is 12.2. The molecule has 0 bridgehead atoms. The number of ether oxygens (including phenoxy) is 1. The molecule has 0 radical (unpaired) electrons. The van der Waals surface area contributed by atoms with Crippen molar-refractivity contribution in [2.75, 3.05) is 7.11 Å². The lowest BCUT2D eigenvalue weighted by Crippen LogP contribution is -2.20. The van der Waals surface area contributed by atoms with E-state index in [0.717, 1.165) is 12.8 Å². The molecule has 1 aliphatic rings. The molecule has 19 heavy (non-hydrogen) atoms. The molecule has 0 aliphatic heterocycles. The van der Waals surface area contributed by atoms with E-state index in [-0.39, 0.29) is 17.6 Å². The summed E-state index contributed by atoms with van der Waals surface area (Å²) in [4.78, 5) is 23.3. The van der Waals surface area contributed by atoms with Crippen molar-refractivity contribution in [3.05, 3.63) is 29.8 Å². The Balaban J connectivity index is 2.06. The van der Waals surface area contributed by atoms with Gasteiger partial charge in [0.25, 0.3) is 0 Å². The van der Waals surface area contributed by atoms with E-state index < -0.39 is 5.97 Å². The number of Topliss-reactive ketones (excluding diaryl/α,β-unsaturated/α-hetero) is 1. The minimum atomic E-state index is -0.777. The van der Waals surface area contributed by atoms with E-state index in [0.29, 0.717) is 24.2 Å². The van der Waals surface area contributed by atoms with Crippen molar-refractivity contribution in [2.45, 2.75) is 25.7 Å². The zero-order chi connectivity index (χ0) is 13.8. The fourth-order valence-corrected chi connectivity index (χ4v) is 2.76. The summed E-state index contributed by atoms with van der Waals surface area (Å²) >= 11 is 0. The van der Waals surface area contributed by atoms with Gasteiger partial charge in [0.2, 0.25) is 0 Å². The second-order valence-electron chi connectivity index (χ2n) is 4.99. The van der Waals surface area contributed by atoms with E-state index in [2.05, 4.69) is 0 Å². The second-order valence-corrected chi connectivity index (χ2v) is 4.99.